The number of piperidine rings is 1. The number of nitrogens with zero attached hydrogens (tertiary/aromatic N) is 1. The summed E-state index contributed by atoms with van der Waals surface area (Å²) in [6.45, 7) is 2.58. The minimum absolute atomic E-state index is 0.0117. The Morgan fingerprint density at radius 2 is 1.83 bits per heavy atom. The summed E-state index contributed by atoms with van der Waals surface area (Å²) in [4.78, 5) is 25.0. The molecule has 1 heterocycles. The fraction of sp³-hybridized carbons (Fsp3) is 0.429. The third-order valence-corrected chi connectivity index (χ3v) is 3.22. The molecule has 0 radical (unpaired) electrons. The molecule has 0 spiro atoms. The van der Waals surface area contributed by atoms with Crippen molar-refractivity contribution < 1.29 is 14.7 Å². The van der Waals surface area contributed by atoms with E-state index >= 15 is 0 Å². The molecule has 96 valence electrons. The van der Waals surface area contributed by atoms with Crippen LogP contribution < -0.4 is 0 Å². The fourth-order valence-corrected chi connectivity index (χ4v) is 2.17. The molecule has 0 aromatic heterocycles. The molecule has 1 aliphatic rings. The second-order valence-electron chi connectivity index (χ2n) is 4.68. The van der Waals surface area contributed by atoms with E-state index in [1.54, 1.807) is 29.2 Å². The van der Waals surface area contributed by atoms with Gasteiger partial charge in [0.25, 0.3) is 5.91 Å². The first-order chi connectivity index (χ1) is 8.58. The van der Waals surface area contributed by atoms with Gasteiger partial charge in [-0.25, -0.2) is 0 Å². The number of benzene rings is 1. The quantitative estimate of drug-likeness (QED) is 0.805. The van der Waals surface area contributed by atoms with Gasteiger partial charge in [0.05, 0.1) is 6.10 Å². The van der Waals surface area contributed by atoms with Gasteiger partial charge in [-0.15, -0.1) is 0 Å². The largest absolute Gasteiger partial charge is 0.391 e. The minimum Gasteiger partial charge on any atom is -0.391 e. The lowest BCUT2D eigenvalue weighted by Crippen LogP contribution is -2.42. The van der Waals surface area contributed by atoms with Gasteiger partial charge in [-0.05, 0) is 31.9 Å². The molecule has 0 saturated carbocycles. The Balaban J connectivity index is 2.10. The van der Waals surface area contributed by atoms with Crippen molar-refractivity contribution in [2.24, 2.45) is 0 Å². The molecule has 1 aromatic carbocycles. The SMILES string of the molecule is CC(=O)c1ccc(C(=O)N2CCCC(O)C2)cc1. The number of aliphatic hydroxyl groups excluding tert-OH is 1. The van der Waals surface area contributed by atoms with Crippen LogP contribution in [0.3, 0.4) is 0 Å². The Morgan fingerprint density at radius 1 is 1.22 bits per heavy atom. The van der Waals surface area contributed by atoms with Crippen LogP contribution in [0.2, 0.25) is 0 Å². The Labute approximate surface area is 106 Å². The topological polar surface area (TPSA) is 57.6 Å². The van der Waals surface area contributed by atoms with Crippen LogP contribution >= 0.6 is 0 Å². The molecule has 4 nitrogen and oxygen atoms in total. The predicted molar refractivity (Wildman–Crippen MR) is 67.6 cm³/mol. The molecular formula is C14H17NO3. The lowest BCUT2D eigenvalue weighted by molar-refractivity contribution is 0.0473. The number of β-amino-alcohol motifs (C(OH)–C–C–N with tert-alkyl or cyclic N) is 1. The number of Topliss-reactive ketones (excluding diaryl/α,β-unsaturated/α-hetero) is 1. The Kier molecular flexibility index (Phi) is 3.77. The van der Waals surface area contributed by atoms with Gasteiger partial charge < -0.3 is 10.0 Å². The van der Waals surface area contributed by atoms with E-state index in [1.165, 1.54) is 6.92 Å². The second-order valence-corrected chi connectivity index (χ2v) is 4.68. The maximum Gasteiger partial charge on any atom is 0.253 e. The summed E-state index contributed by atoms with van der Waals surface area (Å²) in [6, 6.07) is 6.66. The molecule has 4 heteroatoms. The van der Waals surface area contributed by atoms with Gasteiger partial charge in [0.15, 0.2) is 5.78 Å². The normalized spacial score (nSPS) is 19.7. The lowest BCUT2D eigenvalue weighted by atomic mass is 10.1. The number of amides is 1. The van der Waals surface area contributed by atoms with Gasteiger partial charge in [-0.1, -0.05) is 12.1 Å². The van der Waals surface area contributed by atoms with Crippen LogP contribution in [0.5, 0.6) is 0 Å². The van der Waals surface area contributed by atoms with E-state index in [2.05, 4.69) is 0 Å². The van der Waals surface area contributed by atoms with Crippen LogP contribution in [-0.4, -0.2) is 40.9 Å². The van der Waals surface area contributed by atoms with Crippen molar-refractivity contribution in [2.75, 3.05) is 13.1 Å². The molecule has 1 unspecified atom stereocenters. The van der Waals surface area contributed by atoms with Gasteiger partial charge in [-0.2, -0.15) is 0 Å². The molecule has 1 fully saturated rings. The number of hydrogen-bond donors (Lipinski definition) is 1. The number of carbonyl (C=O) groups is 2. The third kappa shape index (κ3) is 2.76. The van der Waals surface area contributed by atoms with Crippen LogP contribution in [0.4, 0.5) is 0 Å². The average Bonchev–Trinajstić information content (AvgIpc) is 2.38. The van der Waals surface area contributed by atoms with Crippen molar-refractivity contribution in [2.45, 2.75) is 25.9 Å². The second kappa shape index (κ2) is 5.31. The van der Waals surface area contributed by atoms with Crippen molar-refractivity contribution >= 4 is 11.7 Å². The molecule has 1 N–H and O–H groups in total. The molecule has 1 saturated heterocycles. The maximum absolute atomic E-state index is 12.2. The van der Waals surface area contributed by atoms with Crippen molar-refractivity contribution in [3.63, 3.8) is 0 Å². The summed E-state index contributed by atoms with van der Waals surface area (Å²) in [5, 5.41) is 9.55. The first-order valence-corrected chi connectivity index (χ1v) is 6.16. The highest BCUT2D eigenvalue weighted by Gasteiger charge is 2.22. The molecule has 1 amide bonds. The van der Waals surface area contributed by atoms with Crippen LogP contribution in [0.25, 0.3) is 0 Å². The van der Waals surface area contributed by atoms with E-state index in [0.717, 1.165) is 12.8 Å². The van der Waals surface area contributed by atoms with Gasteiger partial charge >= 0.3 is 0 Å². The van der Waals surface area contributed by atoms with Gasteiger partial charge in [0, 0.05) is 24.2 Å². The number of carbonyl (C=O) groups excluding carboxylic acids is 2. The van der Waals surface area contributed by atoms with Crippen LogP contribution in [0, 0.1) is 0 Å². The van der Waals surface area contributed by atoms with E-state index in [1.807, 2.05) is 0 Å². The van der Waals surface area contributed by atoms with Crippen LogP contribution in [-0.2, 0) is 0 Å². The highest BCUT2D eigenvalue weighted by Crippen LogP contribution is 2.14. The number of aliphatic hydroxyl groups is 1. The summed E-state index contributed by atoms with van der Waals surface area (Å²) < 4.78 is 0. The van der Waals surface area contributed by atoms with Crippen molar-refractivity contribution in [3.8, 4) is 0 Å². The molecule has 1 aliphatic heterocycles. The van der Waals surface area contributed by atoms with Crippen LogP contribution in [0.15, 0.2) is 24.3 Å². The van der Waals surface area contributed by atoms with Gasteiger partial charge in [0.2, 0.25) is 0 Å². The predicted octanol–water partition coefficient (Wildman–Crippen LogP) is 1.49. The number of rotatable bonds is 2. The Morgan fingerprint density at radius 3 is 2.39 bits per heavy atom. The van der Waals surface area contributed by atoms with E-state index < -0.39 is 6.10 Å². The number of hydrogen-bond acceptors (Lipinski definition) is 3. The first kappa shape index (κ1) is 12.8. The van der Waals surface area contributed by atoms with E-state index in [9.17, 15) is 14.7 Å². The van der Waals surface area contributed by atoms with E-state index in [4.69, 9.17) is 0 Å². The van der Waals surface area contributed by atoms with Crippen molar-refractivity contribution in [3.05, 3.63) is 35.4 Å². The summed E-state index contributed by atoms with van der Waals surface area (Å²) in [6.07, 6.45) is 1.17. The van der Waals surface area contributed by atoms with Crippen molar-refractivity contribution in [1.29, 1.82) is 0 Å². The number of ketones is 1. The van der Waals surface area contributed by atoms with E-state index in [-0.39, 0.29) is 11.7 Å². The van der Waals surface area contributed by atoms with Crippen molar-refractivity contribution in [1.82, 2.24) is 4.90 Å². The molecule has 1 aromatic rings. The summed E-state index contributed by atoms with van der Waals surface area (Å²) in [5.41, 5.74) is 1.17. The number of likely N-dealkylation sites (tertiary alicyclic amines) is 1. The molecule has 2 rings (SSSR count). The monoisotopic (exact) mass is 247 g/mol. The molecule has 1 atom stereocenters. The van der Waals surface area contributed by atoms with Gasteiger partial charge in [-0.3, -0.25) is 9.59 Å². The first-order valence-electron chi connectivity index (χ1n) is 6.16. The molecule has 0 bridgehead atoms. The van der Waals surface area contributed by atoms with Crippen LogP contribution in [0.1, 0.15) is 40.5 Å². The third-order valence-electron chi connectivity index (χ3n) is 3.22. The summed E-state index contributed by atoms with van der Waals surface area (Å²) in [5.74, 6) is -0.0914. The zero-order valence-electron chi connectivity index (χ0n) is 10.4. The molecule has 18 heavy (non-hydrogen) atoms. The summed E-state index contributed by atoms with van der Waals surface area (Å²) in [7, 11) is 0. The van der Waals surface area contributed by atoms with E-state index in [0.29, 0.717) is 24.2 Å². The zero-order valence-corrected chi connectivity index (χ0v) is 10.4. The fourth-order valence-electron chi connectivity index (χ4n) is 2.17. The Hall–Kier alpha value is -1.68. The highest BCUT2D eigenvalue weighted by atomic mass is 16.3. The highest BCUT2D eigenvalue weighted by molar-refractivity contribution is 5.97. The smallest absolute Gasteiger partial charge is 0.253 e. The Bertz CT molecular complexity index is 453. The summed E-state index contributed by atoms with van der Waals surface area (Å²) >= 11 is 0. The minimum atomic E-state index is -0.417. The lowest BCUT2D eigenvalue weighted by Gasteiger charge is -2.30. The molecular weight excluding hydrogens is 230 g/mol. The molecule has 0 aliphatic carbocycles. The zero-order chi connectivity index (χ0) is 13.1. The average molecular weight is 247 g/mol. The van der Waals surface area contributed by atoms with Gasteiger partial charge in [0.1, 0.15) is 0 Å². The standard InChI is InChI=1S/C14H17NO3/c1-10(16)11-4-6-12(7-5-11)14(18)15-8-2-3-13(17)9-15/h4-7,13,17H,2-3,8-9H2,1H3. The maximum atomic E-state index is 12.2.